The molecule has 13 heavy (non-hydrogen) atoms. The zero-order chi connectivity index (χ0) is 9.26. The highest BCUT2D eigenvalue weighted by Gasteiger charge is 2.29. The van der Waals surface area contributed by atoms with Crippen LogP contribution in [0.15, 0.2) is 0 Å². The third-order valence-electron chi connectivity index (χ3n) is 3.38. The van der Waals surface area contributed by atoms with Gasteiger partial charge in [0.15, 0.2) is 0 Å². The summed E-state index contributed by atoms with van der Waals surface area (Å²) in [6, 6.07) is 0.626. The first-order valence-electron chi connectivity index (χ1n) is 5.36. The van der Waals surface area contributed by atoms with Crippen molar-refractivity contribution in [3.8, 4) is 0 Å². The van der Waals surface area contributed by atoms with Gasteiger partial charge < -0.3 is 10.2 Å². The largest absolute Gasteiger partial charge is 0.393 e. The van der Waals surface area contributed by atoms with Crippen LogP contribution < -0.4 is 0 Å². The second-order valence-corrected chi connectivity index (χ2v) is 4.40. The smallest absolute Gasteiger partial charge is 0.0679 e. The molecule has 3 nitrogen and oxygen atoms in total. The number of rotatable bonds is 1. The van der Waals surface area contributed by atoms with Gasteiger partial charge in [0.2, 0.25) is 0 Å². The van der Waals surface area contributed by atoms with E-state index in [1.807, 2.05) is 0 Å². The van der Waals surface area contributed by atoms with Gasteiger partial charge in [0, 0.05) is 19.1 Å². The molecule has 1 unspecified atom stereocenters. The van der Waals surface area contributed by atoms with Crippen LogP contribution in [-0.4, -0.2) is 46.5 Å². The van der Waals surface area contributed by atoms with E-state index >= 15 is 0 Å². The van der Waals surface area contributed by atoms with Crippen molar-refractivity contribution in [2.75, 3.05) is 13.1 Å². The van der Waals surface area contributed by atoms with E-state index in [1.54, 1.807) is 0 Å². The van der Waals surface area contributed by atoms with Gasteiger partial charge in [0.05, 0.1) is 12.2 Å². The van der Waals surface area contributed by atoms with Crippen molar-refractivity contribution in [3.05, 3.63) is 0 Å². The summed E-state index contributed by atoms with van der Waals surface area (Å²) in [5, 5.41) is 18.7. The average Bonchev–Trinajstić information content (AvgIpc) is 2.53. The predicted octanol–water partition coefficient (Wildman–Crippen LogP) is 0.356. The highest BCUT2D eigenvalue weighted by atomic mass is 16.3. The Morgan fingerprint density at radius 1 is 0.846 bits per heavy atom. The highest BCUT2D eigenvalue weighted by Crippen LogP contribution is 2.25. The molecule has 1 heterocycles. The second kappa shape index (κ2) is 3.95. The molecule has 2 aliphatic rings. The summed E-state index contributed by atoms with van der Waals surface area (Å²) in [6.45, 7) is 1.89. The lowest BCUT2D eigenvalue weighted by Gasteiger charge is -2.32. The van der Waals surface area contributed by atoms with Crippen LogP contribution in [0.5, 0.6) is 0 Å². The van der Waals surface area contributed by atoms with Gasteiger partial charge in [-0.3, -0.25) is 4.90 Å². The molecule has 0 aromatic rings. The van der Waals surface area contributed by atoms with Crippen LogP contribution in [0.3, 0.4) is 0 Å². The van der Waals surface area contributed by atoms with Gasteiger partial charge in [0.25, 0.3) is 0 Å². The Hall–Kier alpha value is -0.120. The van der Waals surface area contributed by atoms with E-state index in [0.29, 0.717) is 6.04 Å². The van der Waals surface area contributed by atoms with Crippen LogP contribution in [0, 0.1) is 0 Å². The van der Waals surface area contributed by atoms with Gasteiger partial charge >= 0.3 is 0 Å². The van der Waals surface area contributed by atoms with Crippen LogP contribution >= 0.6 is 0 Å². The van der Waals surface area contributed by atoms with E-state index in [0.717, 1.165) is 45.2 Å². The van der Waals surface area contributed by atoms with E-state index < -0.39 is 0 Å². The number of aliphatic hydroxyl groups excluding tert-OH is 2. The molecular weight excluding hydrogens is 166 g/mol. The van der Waals surface area contributed by atoms with Gasteiger partial charge in [-0.15, -0.1) is 0 Å². The zero-order valence-electron chi connectivity index (χ0n) is 8.02. The molecule has 1 aliphatic heterocycles. The molecule has 0 amide bonds. The maximum Gasteiger partial charge on any atom is 0.0679 e. The van der Waals surface area contributed by atoms with Crippen LogP contribution in [0.2, 0.25) is 0 Å². The van der Waals surface area contributed by atoms with Crippen LogP contribution in [0.4, 0.5) is 0 Å². The van der Waals surface area contributed by atoms with Gasteiger partial charge in [-0.05, 0) is 32.1 Å². The Morgan fingerprint density at radius 2 is 1.54 bits per heavy atom. The molecular formula is C10H19NO2. The normalized spacial score (nSPS) is 42.5. The minimum atomic E-state index is -0.105. The van der Waals surface area contributed by atoms with Gasteiger partial charge in [0.1, 0.15) is 0 Å². The Labute approximate surface area is 79.4 Å². The van der Waals surface area contributed by atoms with Crippen LogP contribution in [-0.2, 0) is 0 Å². The highest BCUT2D eigenvalue weighted by molar-refractivity contribution is 4.84. The van der Waals surface area contributed by atoms with E-state index in [2.05, 4.69) is 4.90 Å². The lowest BCUT2D eigenvalue weighted by atomic mass is 9.92. The predicted molar refractivity (Wildman–Crippen MR) is 50.5 cm³/mol. The van der Waals surface area contributed by atoms with E-state index in [9.17, 15) is 10.2 Å². The molecule has 2 fully saturated rings. The van der Waals surface area contributed by atoms with Crippen molar-refractivity contribution < 1.29 is 10.2 Å². The first-order chi connectivity index (χ1) is 6.25. The fourth-order valence-electron chi connectivity index (χ4n) is 2.52. The third kappa shape index (κ3) is 2.22. The number of hydrogen-bond donors (Lipinski definition) is 2. The fraction of sp³-hybridized carbons (Fsp3) is 1.00. The lowest BCUT2D eigenvalue weighted by Crippen LogP contribution is -2.37. The monoisotopic (exact) mass is 185 g/mol. The van der Waals surface area contributed by atoms with E-state index in [-0.39, 0.29) is 12.2 Å². The summed E-state index contributed by atoms with van der Waals surface area (Å²) in [5.74, 6) is 0. The SMILES string of the molecule is OC1CCC(N2CCC(O)C2)CC1. The molecule has 1 atom stereocenters. The molecule has 3 heteroatoms. The lowest BCUT2D eigenvalue weighted by molar-refractivity contribution is 0.0767. The third-order valence-corrected chi connectivity index (χ3v) is 3.38. The standard InChI is InChI=1S/C10H19NO2/c12-9-3-1-8(2-4-9)11-6-5-10(13)7-11/h8-10,12-13H,1-7H2. The Morgan fingerprint density at radius 3 is 2.08 bits per heavy atom. The molecule has 0 aromatic carbocycles. The number of β-amino-alcohol motifs (C(OH)–C–C–N with tert-alkyl or cyclic N) is 1. The Kier molecular flexibility index (Phi) is 2.86. The minimum absolute atomic E-state index is 0.0659. The van der Waals surface area contributed by atoms with Crippen molar-refractivity contribution in [2.24, 2.45) is 0 Å². The van der Waals surface area contributed by atoms with Crippen LogP contribution in [0.25, 0.3) is 0 Å². The zero-order valence-corrected chi connectivity index (χ0v) is 8.02. The van der Waals surface area contributed by atoms with Crippen LogP contribution in [0.1, 0.15) is 32.1 Å². The minimum Gasteiger partial charge on any atom is -0.393 e. The van der Waals surface area contributed by atoms with Crippen molar-refractivity contribution >= 4 is 0 Å². The van der Waals surface area contributed by atoms with E-state index in [4.69, 9.17) is 0 Å². The Balaban J connectivity index is 1.81. The molecule has 0 aromatic heterocycles. The summed E-state index contributed by atoms with van der Waals surface area (Å²) < 4.78 is 0. The molecule has 76 valence electrons. The van der Waals surface area contributed by atoms with Crippen molar-refractivity contribution in [3.63, 3.8) is 0 Å². The first-order valence-corrected chi connectivity index (χ1v) is 5.36. The second-order valence-electron chi connectivity index (χ2n) is 4.40. The van der Waals surface area contributed by atoms with Crippen molar-refractivity contribution in [2.45, 2.75) is 50.4 Å². The molecule has 1 saturated heterocycles. The molecule has 0 radical (unpaired) electrons. The molecule has 2 N–H and O–H groups in total. The molecule has 1 aliphatic carbocycles. The first kappa shape index (κ1) is 9.44. The maximum absolute atomic E-state index is 9.39. The van der Waals surface area contributed by atoms with E-state index in [1.165, 1.54) is 0 Å². The quantitative estimate of drug-likeness (QED) is 0.620. The number of likely N-dealkylation sites (tertiary alicyclic amines) is 1. The fourth-order valence-corrected chi connectivity index (χ4v) is 2.52. The molecule has 0 spiro atoms. The number of aliphatic hydroxyl groups is 2. The maximum atomic E-state index is 9.39. The van der Waals surface area contributed by atoms with Crippen molar-refractivity contribution in [1.82, 2.24) is 4.90 Å². The molecule has 2 rings (SSSR count). The summed E-state index contributed by atoms with van der Waals surface area (Å²) in [4.78, 5) is 2.39. The van der Waals surface area contributed by atoms with Gasteiger partial charge in [-0.1, -0.05) is 0 Å². The molecule has 0 bridgehead atoms. The summed E-state index contributed by atoms with van der Waals surface area (Å²) in [7, 11) is 0. The number of hydrogen-bond acceptors (Lipinski definition) is 3. The van der Waals surface area contributed by atoms with Gasteiger partial charge in [-0.2, -0.15) is 0 Å². The topological polar surface area (TPSA) is 43.7 Å². The summed E-state index contributed by atoms with van der Waals surface area (Å²) in [5.41, 5.74) is 0. The van der Waals surface area contributed by atoms with Crippen molar-refractivity contribution in [1.29, 1.82) is 0 Å². The average molecular weight is 185 g/mol. The number of nitrogens with zero attached hydrogens (tertiary/aromatic N) is 1. The Bertz CT molecular complexity index is 166. The summed E-state index contributed by atoms with van der Waals surface area (Å²) >= 11 is 0. The summed E-state index contributed by atoms with van der Waals surface area (Å²) in [6.07, 6.45) is 4.85. The molecule has 1 saturated carbocycles. The van der Waals surface area contributed by atoms with Gasteiger partial charge in [-0.25, -0.2) is 0 Å².